The van der Waals surface area contributed by atoms with E-state index in [0.29, 0.717) is 6.61 Å². The summed E-state index contributed by atoms with van der Waals surface area (Å²) in [5.74, 6) is 0. The van der Waals surface area contributed by atoms with E-state index in [9.17, 15) is 0 Å². The number of aromatic amines is 1. The van der Waals surface area contributed by atoms with Gasteiger partial charge < -0.3 is 9.72 Å². The van der Waals surface area contributed by atoms with Crippen LogP contribution in [0, 0.1) is 0 Å². The molecule has 5 heteroatoms. The second kappa shape index (κ2) is 3.68. The van der Waals surface area contributed by atoms with Crippen molar-refractivity contribution < 1.29 is 4.74 Å². The van der Waals surface area contributed by atoms with Crippen LogP contribution in [0.1, 0.15) is 5.01 Å². The maximum Gasteiger partial charge on any atom is 0.119 e. The largest absolute Gasteiger partial charge is 0.378 e. The number of nitrogens with one attached hydrogen (secondary N) is 1. The first-order valence-corrected chi connectivity index (χ1v) is 4.70. The van der Waals surface area contributed by atoms with Crippen molar-refractivity contribution in [3.05, 3.63) is 22.9 Å². The number of ether oxygens (including phenoxy) is 1. The van der Waals surface area contributed by atoms with Gasteiger partial charge in [-0.05, 0) is 0 Å². The number of nitrogens with zero attached hydrogens (tertiary/aromatic N) is 2. The van der Waals surface area contributed by atoms with Crippen LogP contribution in [0.5, 0.6) is 0 Å². The molecule has 2 aromatic rings. The average molecular weight is 195 g/mol. The molecule has 2 rings (SSSR count). The summed E-state index contributed by atoms with van der Waals surface area (Å²) in [6, 6.07) is 0. The summed E-state index contributed by atoms with van der Waals surface area (Å²) in [6.07, 6.45) is 3.40. The number of hydrogen-bond donors (Lipinski definition) is 1. The second-order valence-electron chi connectivity index (χ2n) is 2.52. The molecule has 0 aliphatic heterocycles. The smallest absolute Gasteiger partial charge is 0.119 e. The summed E-state index contributed by atoms with van der Waals surface area (Å²) < 4.78 is 4.98. The van der Waals surface area contributed by atoms with Crippen LogP contribution >= 0.6 is 11.3 Å². The zero-order chi connectivity index (χ0) is 9.10. The summed E-state index contributed by atoms with van der Waals surface area (Å²) in [7, 11) is 1.66. The number of aromatic nitrogens is 3. The summed E-state index contributed by atoms with van der Waals surface area (Å²) in [4.78, 5) is 11.3. The summed E-state index contributed by atoms with van der Waals surface area (Å²) in [6.45, 7) is 0.568. The average Bonchev–Trinajstić information content (AvgIpc) is 2.70. The molecule has 0 aliphatic rings. The molecule has 2 aromatic heterocycles. The third kappa shape index (κ3) is 1.76. The lowest BCUT2D eigenvalue weighted by Crippen LogP contribution is -1.85. The predicted molar refractivity (Wildman–Crippen MR) is 50.4 cm³/mol. The molecule has 0 bridgehead atoms. The van der Waals surface area contributed by atoms with Crippen molar-refractivity contribution in [1.29, 1.82) is 0 Å². The molecular weight excluding hydrogens is 186 g/mol. The van der Waals surface area contributed by atoms with Crippen LogP contribution in [0.15, 0.2) is 17.9 Å². The molecule has 0 aliphatic carbocycles. The second-order valence-corrected chi connectivity index (χ2v) is 3.47. The highest BCUT2D eigenvalue weighted by atomic mass is 32.1. The number of thiazole rings is 1. The maximum atomic E-state index is 4.98. The van der Waals surface area contributed by atoms with Gasteiger partial charge in [0.15, 0.2) is 0 Å². The Morgan fingerprint density at radius 1 is 1.62 bits per heavy atom. The van der Waals surface area contributed by atoms with Gasteiger partial charge in [0.25, 0.3) is 0 Å². The normalized spacial score (nSPS) is 10.5. The molecule has 68 valence electrons. The highest BCUT2D eigenvalue weighted by Crippen LogP contribution is 2.19. The first-order valence-electron chi connectivity index (χ1n) is 3.82. The predicted octanol–water partition coefficient (Wildman–Crippen LogP) is 1.68. The number of imidazole rings is 1. The Hall–Kier alpha value is -1.20. The van der Waals surface area contributed by atoms with Crippen molar-refractivity contribution in [3.63, 3.8) is 0 Å². The van der Waals surface area contributed by atoms with Gasteiger partial charge in [-0.1, -0.05) is 0 Å². The van der Waals surface area contributed by atoms with E-state index in [0.717, 1.165) is 16.4 Å². The summed E-state index contributed by atoms with van der Waals surface area (Å²) in [5, 5.41) is 2.97. The first kappa shape index (κ1) is 8.40. The molecule has 0 atom stereocenters. The van der Waals surface area contributed by atoms with Gasteiger partial charge in [0.1, 0.15) is 5.01 Å². The van der Waals surface area contributed by atoms with Gasteiger partial charge in [0.05, 0.1) is 30.5 Å². The van der Waals surface area contributed by atoms with Gasteiger partial charge in [-0.25, -0.2) is 9.97 Å². The Balaban J connectivity index is 2.23. The van der Waals surface area contributed by atoms with Gasteiger partial charge in [-0.15, -0.1) is 11.3 Å². The van der Waals surface area contributed by atoms with Gasteiger partial charge in [-0.2, -0.15) is 0 Å². The molecule has 2 heterocycles. The lowest BCUT2D eigenvalue weighted by molar-refractivity contribution is 0.184. The number of rotatable bonds is 3. The molecule has 0 fully saturated rings. The van der Waals surface area contributed by atoms with E-state index in [1.807, 2.05) is 5.38 Å². The van der Waals surface area contributed by atoms with Crippen LogP contribution in [-0.4, -0.2) is 22.1 Å². The fraction of sp³-hybridized carbons (Fsp3) is 0.250. The van der Waals surface area contributed by atoms with Crippen LogP contribution in [0.2, 0.25) is 0 Å². The molecule has 0 saturated carbocycles. The van der Waals surface area contributed by atoms with Crippen LogP contribution in [0.25, 0.3) is 11.4 Å². The summed E-state index contributed by atoms with van der Waals surface area (Å²) in [5.41, 5.74) is 1.87. The minimum absolute atomic E-state index is 0.568. The fourth-order valence-corrected chi connectivity index (χ4v) is 1.78. The Labute approximate surface area is 79.6 Å². The highest BCUT2D eigenvalue weighted by molar-refractivity contribution is 7.09. The molecule has 4 nitrogen and oxygen atoms in total. The molecule has 0 aromatic carbocycles. The molecule has 0 saturated heterocycles. The molecule has 1 N–H and O–H groups in total. The highest BCUT2D eigenvalue weighted by Gasteiger charge is 2.04. The van der Waals surface area contributed by atoms with Gasteiger partial charge in [0.2, 0.25) is 0 Å². The standard InChI is InChI=1S/C8H9N3OS/c1-12-3-8-11-7(4-13-8)6-2-9-5-10-6/h2,4-5H,3H2,1H3,(H,9,10). The Morgan fingerprint density at radius 2 is 2.54 bits per heavy atom. The van der Waals surface area contributed by atoms with E-state index in [1.54, 1.807) is 31.0 Å². The zero-order valence-corrected chi connectivity index (χ0v) is 7.97. The molecule has 13 heavy (non-hydrogen) atoms. The summed E-state index contributed by atoms with van der Waals surface area (Å²) >= 11 is 1.59. The first-order chi connectivity index (χ1) is 6.40. The molecule has 0 radical (unpaired) electrons. The third-order valence-corrected chi connectivity index (χ3v) is 2.42. The monoisotopic (exact) mass is 195 g/mol. The Morgan fingerprint density at radius 3 is 3.23 bits per heavy atom. The van der Waals surface area contributed by atoms with Crippen LogP contribution in [0.4, 0.5) is 0 Å². The van der Waals surface area contributed by atoms with E-state index >= 15 is 0 Å². The van der Waals surface area contributed by atoms with Crippen molar-refractivity contribution in [3.8, 4) is 11.4 Å². The minimum Gasteiger partial charge on any atom is -0.378 e. The van der Waals surface area contributed by atoms with Crippen molar-refractivity contribution in [2.24, 2.45) is 0 Å². The van der Waals surface area contributed by atoms with Crippen LogP contribution in [0.3, 0.4) is 0 Å². The van der Waals surface area contributed by atoms with E-state index in [4.69, 9.17) is 4.74 Å². The lowest BCUT2D eigenvalue weighted by Gasteiger charge is -1.90. The minimum atomic E-state index is 0.568. The van der Waals surface area contributed by atoms with Crippen molar-refractivity contribution in [2.75, 3.05) is 7.11 Å². The van der Waals surface area contributed by atoms with E-state index < -0.39 is 0 Å². The van der Waals surface area contributed by atoms with E-state index in [-0.39, 0.29) is 0 Å². The quantitative estimate of drug-likeness (QED) is 0.810. The molecule has 0 unspecified atom stereocenters. The van der Waals surface area contributed by atoms with Crippen molar-refractivity contribution >= 4 is 11.3 Å². The Kier molecular flexibility index (Phi) is 2.37. The third-order valence-electron chi connectivity index (χ3n) is 1.59. The van der Waals surface area contributed by atoms with Crippen molar-refractivity contribution in [1.82, 2.24) is 15.0 Å². The van der Waals surface area contributed by atoms with Crippen LogP contribution < -0.4 is 0 Å². The SMILES string of the molecule is COCc1nc(-c2cnc[nH]2)cs1. The molecule has 0 amide bonds. The van der Waals surface area contributed by atoms with Crippen LogP contribution in [-0.2, 0) is 11.3 Å². The lowest BCUT2D eigenvalue weighted by atomic mass is 10.4. The maximum absolute atomic E-state index is 4.98. The number of hydrogen-bond acceptors (Lipinski definition) is 4. The van der Waals surface area contributed by atoms with E-state index in [2.05, 4.69) is 15.0 Å². The number of methoxy groups -OCH3 is 1. The van der Waals surface area contributed by atoms with Gasteiger partial charge >= 0.3 is 0 Å². The van der Waals surface area contributed by atoms with Gasteiger partial charge in [-0.3, -0.25) is 0 Å². The zero-order valence-electron chi connectivity index (χ0n) is 7.15. The van der Waals surface area contributed by atoms with E-state index in [1.165, 1.54) is 0 Å². The van der Waals surface area contributed by atoms with Gasteiger partial charge in [0, 0.05) is 12.5 Å². The molecular formula is C8H9N3OS. The van der Waals surface area contributed by atoms with Crippen molar-refractivity contribution in [2.45, 2.75) is 6.61 Å². The Bertz CT molecular complexity index is 368. The fourth-order valence-electron chi connectivity index (χ4n) is 1.02. The number of H-pyrrole nitrogens is 1. The molecule has 0 spiro atoms. The topological polar surface area (TPSA) is 50.8 Å².